The van der Waals surface area contributed by atoms with Crippen LogP contribution in [0.2, 0.25) is 0 Å². The SMILES string of the molecule is COc1ccc(C(=O)N2[C@@H]3CC[C@H]2Cc2nn(CC(C)C)c(=O)n2C3)cn1. The maximum absolute atomic E-state index is 13.1. The standard InChI is InChI=1S/C19H25N5O3/c1-12(2)10-23-19(26)22-11-15-6-5-14(8-16(22)21-23)24(15)18(25)13-4-7-17(27-3)20-9-13/h4,7,9,12,14-15H,5-6,8,10-11H2,1-3H3/t14-,15+/m0/s1. The highest BCUT2D eigenvalue weighted by atomic mass is 16.5. The molecular formula is C19H25N5O3. The van der Waals surface area contributed by atoms with Crippen LogP contribution in [0, 0.1) is 5.92 Å². The lowest BCUT2D eigenvalue weighted by Gasteiger charge is -2.28. The molecule has 2 aromatic rings. The Balaban J connectivity index is 1.61. The molecule has 0 aliphatic carbocycles. The van der Waals surface area contributed by atoms with Gasteiger partial charge in [-0.25, -0.2) is 14.5 Å². The minimum atomic E-state index is -0.0650. The Hall–Kier alpha value is -2.64. The molecule has 8 nitrogen and oxygen atoms in total. The number of hydrogen-bond donors (Lipinski definition) is 0. The van der Waals surface area contributed by atoms with Crippen LogP contribution in [-0.2, 0) is 19.5 Å². The van der Waals surface area contributed by atoms with Gasteiger partial charge in [0.1, 0.15) is 5.82 Å². The maximum Gasteiger partial charge on any atom is 0.345 e. The Kier molecular flexibility index (Phi) is 4.49. The molecule has 0 unspecified atom stereocenters. The highest BCUT2D eigenvalue weighted by molar-refractivity contribution is 5.94. The second kappa shape index (κ2) is 6.83. The van der Waals surface area contributed by atoms with Crippen LogP contribution in [-0.4, -0.2) is 49.3 Å². The zero-order chi connectivity index (χ0) is 19.1. The molecule has 0 aromatic carbocycles. The van der Waals surface area contributed by atoms with Gasteiger partial charge in [-0.3, -0.25) is 9.36 Å². The van der Waals surface area contributed by atoms with Crippen LogP contribution < -0.4 is 10.4 Å². The van der Waals surface area contributed by atoms with Gasteiger partial charge in [0.15, 0.2) is 0 Å². The van der Waals surface area contributed by atoms with Crippen LogP contribution in [0.1, 0.15) is 42.9 Å². The predicted octanol–water partition coefficient (Wildman–Crippen LogP) is 1.33. The number of methoxy groups -OCH3 is 1. The predicted molar refractivity (Wildman–Crippen MR) is 98.8 cm³/mol. The number of carbonyl (C=O) groups is 1. The molecule has 0 saturated carbocycles. The van der Waals surface area contributed by atoms with Gasteiger partial charge in [-0.15, -0.1) is 0 Å². The molecule has 144 valence electrons. The highest BCUT2D eigenvalue weighted by Gasteiger charge is 2.41. The van der Waals surface area contributed by atoms with Gasteiger partial charge < -0.3 is 9.64 Å². The zero-order valence-electron chi connectivity index (χ0n) is 16.0. The number of nitrogens with zero attached hydrogens (tertiary/aromatic N) is 5. The molecule has 2 atom stereocenters. The van der Waals surface area contributed by atoms with Crippen molar-refractivity contribution in [3.63, 3.8) is 0 Å². The quantitative estimate of drug-likeness (QED) is 0.810. The number of amides is 1. The third-order valence-electron chi connectivity index (χ3n) is 5.40. The summed E-state index contributed by atoms with van der Waals surface area (Å²) in [4.78, 5) is 31.9. The Morgan fingerprint density at radius 3 is 2.74 bits per heavy atom. The second-order valence-electron chi connectivity index (χ2n) is 7.78. The average molecular weight is 371 g/mol. The zero-order valence-corrected chi connectivity index (χ0v) is 16.0. The second-order valence-corrected chi connectivity index (χ2v) is 7.78. The number of carbonyl (C=O) groups excluding carboxylic acids is 1. The van der Waals surface area contributed by atoms with Crippen molar-refractivity contribution in [1.82, 2.24) is 24.2 Å². The van der Waals surface area contributed by atoms with Gasteiger partial charge in [-0.05, 0) is 24.8 Å². The molecule has 8 heteroatoms. The first-order valence-electron chi connectivity index (χ1n) is 9.47. The number of hydrogen-bond acceptors (Lipinski definition) is 5. The van der Waals surface area contributed by atoms with E-state index in [9.17, 15) is 9.59 Å². The monoisotopic (exact) mass is 371 g/mol. The minimum Gasteiger partial charge on any atom is -0.481 e. The van der Waals surface area contributed by atoms with Crippen molar-refractivity contribution in [1.29, 1.82) is 0 Å². The van der Waals surface area contributed by atoms with Crippen molar-refractivity contribution in [3.05, 3.63) is 40.2 Å². The summed E-state index contributed by atoms with van der Waals surface area (Å²) in [5, 5.41) is 4.56. The van der Waals surface area contributed by atoms with Crippen molar-refractivity contribution in [2.75, 3.05) is 7.11 Å². The largest absolute Gasteiger partial charge is 0.481 e. The number of fused-ring (bicyclic) bond motifs is 3. The lowest BCUT2D eigenvalue weighted by molar-refractivity contribution is 0.0664. The summed E-state index contributed by atoms with van der Waals surface area (Å²) >= 11 is 0. The summed E-state index contributed by atoms with van der Waals surface area (Å²) in [6.07, 6.45) is 4.01. The Bertz CT molecular complexity index is 899. The fourth-order valence-electron chi connectivity index (χ4n) is 4.16. The molecule has 2 bridgehead atoms. The number of aromatic nitrogens is 4. The molecule has 2 aliphatic rings. The minimum absolute atomic E-state index is 0.0141. The Morgan fingerprint density at radius 1 is 1.30 bits per heavy atom. The molecular weight excluding hydrogens is 346 g/mol. The molecule has 0 N–H and O–H groups in total. The molecule has 1 amide bonds. The molecule has 0 spiro atoms. The maximum atomic E-state index is 13.1. The van der Waals surface area contributed by atoms with E-state index < -0.39 is 0 Å². The van der Waals surface area contributed by atoms with E-state index in [0.29, 0.717) is 36.9 Å². The number of rotatable bonds is 4. The Morgan fingerprint density at radius 2 is 2.07 bits per heavy atom. The van der Waals surface area contributed by atoms with Crippen molar-refractivity contribution in [3.8, 4) is 5.88 Å². The lowest BCUT2D eigenvalue weighted by Crippen LogP contribution is -2.43. The number of pyridine rings is 1. The van der Waals surface area contributed by atoms with Crippen LogP contribution in [0.5, 0.6) is 5.88 Å². The van der Waals surface area contributed by atoms with E-state index in [0.717, 1.165) is 18.7 Å². The van der Waals surface area contributed by atoms with Crippen molar-refractivity contribution in [2.24, 2.45) is 5.92 Å². The van der Waals surface area contributed by atoms with E-state index in [2.05, 4.69) is 23.9 Å². The normalized spacial score (nSPS) is 21.3. The van der Waals surface area contributed by atoms with Crippen molar-refractivity contribution in [2.45, 2.75) is 58.3 Å². The average Bonchev–Trinajstić information content (AvgIpc) is 3.10. The van der Waals surface area contributed by atoms with Crippen LogP contribution in [0.25, 0.3) is 0 Å². The van der Waals surface area contributed by atoms with Gasteiger partial charge in [0.05, 0.1) is 18.7 Å². The molecule has 0 radical (unpaired) electrons. The van der Waals surface area contributed by atoms with Gasteiger partial charge in [0, 0.05) is 37.8 Å². The summed E-state index contributed by atoms with van der Waals surface area (Å²) in [5.41, 5.74) is 0.481. The third kappa shape index (κ3) is 3.13. The molecule has 1 fully saturated rings. The molecule has 1 saturated heterocycles. The van der Waals surface area contributed by atoms with Crippen LogP contribution in [0.15, 0.2) is 23.1 Å². The molecule has 4 heterocycles. The van der Waals surface area contributed by atoms with Crippen LogP contribution in [0.4, 0.5) is 0 Å². The van der Waals surface area contributed by atoms with Crippen LogP contribution >= 0.6 is 0 Å². The highest BCUT2D eigenvalue weighted by Crippen LogP contribution is 2.32. The van der Waals surface area contributed by atoms with Crippen molar-refractivity contribution < 1.29 is 9.53 Å². The fourth-order valence-corrected chi connectivity index (χ4v) is 4.16. The molecule has 2 aliphatic heterocycles. The van der Waals surface area contributed by atoms with E-state index in [1.807, 2.05) is 4.90 Å². The smallest absolute Gasteiger partial charge is 0.345 e. The topological polar surface area (TPSA) is 82.3 Å². The van der Waals surface area contributed by atoms with Gasteiger partial charge in [0.2, 0.25) is 5.88 Å². The number of ether oxygens (including phenoxy) is 1. The van der Waals surface area contributed by atoms with E-state index in [4.69, 9.17) is 4.74 Å². The lowest BCUT2D eigenvalue weighted by atomic mass is 10.1. The fraction of sp³-hybridized carbons (Fsp3) is 0.579. The van der Waals surface area contributed by atoms with Gasteiger partial charge in [-0.1, -0.05) is 13.8 Å². The van der Waals surface area contributed by atoms with E-state index in [1.54, 1.807) is 34.7 Å². The van der Waals surface area contributed by atoms with Gasteiger partial charge in [0.25, 0.3) is 5.91 Å². The Labute approximate surface area is 157 Å². The summed E-state index contributed by atoms with van der Waals surface area (Å²) in [6.45, 7) is 5.28. The third-order valence-corrected chi connectivity index (χ3v) is 5.40. The first kappa shape index (κ1) is 17.8. The first-order valence-corrected chi connectivity index (χ1v) is 9.47. The molecule has 4 rings (SSSR count). The molecule has 27 heavy (non-hydrogen) atoms. The van der Waals surface area contributed by atoms with E-state index in [1.165, 1.54) is 0 Å². The first-order chi connectivity index (χ1) is 13.0. The summed E-state index contributed by atoms with van der Waals surface area (Å²) in [6, 6.07) is 3.52. The summed E-state index contributed by atoms with van der Waals surface area (Å²) in [5.74, 6) is 1.60. The van der Waals surface area contributed by atoms with Gasteiger partial charge in [-0.2, -0.15) is 5.10 Å². The summed E-state index contributed by atoms with van der Waals surface area (Å²) < 4.78 is 8.40. The van der Waals surface area contributed by atoms with Gasteiger partial charge >= 0.3 is 5.69 Å². The van der Waals surface area contributed by atoms with E-state index in [-0.39, 0.29) is 23.7 Å². The molecule has 2 aromatic heterocycles. The van der Waals surface area contributed by atoms with E-state index >= 15 is 0 Å². The summed E-state index contributed by atoms with van der Waals surface area (Å²) in [7, 11) is 1.55. The van der Waals surface area contributed by atoms with Crippen molar-refractivity contribution >= 4 is 5.91 Å². The van der Waals surface area contributed by atoms with Crippen LogP contribution in [0.3, 0.4) is 0 Å².